The molecule has 116 valence electrons. The highest BCUT2D eigenvalue weighted by Gasteiger charge is 2.07. The number of hydrogen-bond donors (Lipinski definition) is 2. The van der Waals surface area contributed by atoms with Crippen LogP contribution in [0.3, 0.4) is 0 Å². The van der Waals surface area contributed by atoms with Gasteiger partial charge in [0.2, 0.25) is 5.91 Å². The number of benzene rings is 2. The first-order valence-corrected chi connectivity index (χ1v) is 7.28. The van der Waals surface area contributed by atoms with Crippen LogP contribution in [0.1, 0.15) is 16.7 Å². The normalized spacial score (nSPS) is 10.3. The first-order valence-electron chi connectivity index (χ1n) is 7.28. The lowest BCUT2D eigenvalue weighted by Crippen LogP contribution is -2.15. The molecular formula is C18H21NO3. The minimum absolute atomic E-state index is 0.0195. The summed E-state index contributed by atoms with van der Waals surface area (Å²) in [7, 11) is 0. The van der Waals surface area contributed by atoms with E-state index < -0.39 is 0 Å². The van der Waals surface area contributed by atoms with Crippen LogP contribution in [0.15, 0.2) is 42.5 Å². The van der Waals surface area contributed by atoms with Crippen molar-refractivity contribution < 1.29 is 14.6 Å². The number of hydrogen-bond acceptors (Lipinski definition) is 3. The Bertz CT molecular complexity index is 635. The van der Waals surface area contributed by atoms with Crippen molar-refractivity contribution in [3.63, 3.8) is 0 Å². The van der Waals surface area contributed by atoms with E-state index in [0.29, 0.717) is 12.2 Å². The summed E-state index contributed by atoms with van der Waals surface area (Å²) in [5, 5.41) is 11.6. The Balaban J connectivity index is 1.95. The van der Waals surface area contributed by atoms with Crippen LogP contribution < -0.4 is 10.1 Å². The molecule has 0 unspecified atom stereocenters. The van der Waals surface area contributed by atoms with Crippen LogP contribution >= 0.6 is 0 Å². The van der Waals surface area contributed by atoms with Gasteiger partial charge in [-0.15, -0.1) is 0 Å². The van der Waals surface area contributed by atoms with Gasteiger partial charge in [0, 0.05) is 5.69 Å². The molecule has 2 aromatic rings. The lowest BCUT2D eigenvalue weighted by molar-refractivity contribution is -0.115. The fourth-order valence-corrected chi connectivity index (χ4v) is 2.17. The number of carbonyl (C=O) groups is 1. The monoisotopic (exact) mass is 299 g/mol. The van der Waals surface area contributed by atoms with Crippen molar-refractivity contribution in [2.24, 2.45) is 0 Å². The standard InChI is InChI=1S/C18H21NO3/c1-13-3-4-14(2)15(11-13)12-18(21)19-16-5-7-17(8-6-16)22-10-9-20/h3-8,11,20H,9-10,12H2,1-2H3,(H,19,21). The van der Waals surface area contributed by atoms with Gasteiger partial charge in [-0.1, -0.05) is 23.8 Å². The van der Waals surface area contributed by atoms with Crippen LogP contribution in [-0.2, 0) is 11.2 Å². The smallest absolute Gasteiger partial charge is 0.228 e. The van der Waals surface area contributed by atoms with E-state index in [0.717, 1.165) is 22.4 Å². The van der Waals surface area contributed by atoms with E-state index in [4.69, 9.17) is 9.84 Å². The summed E-state index contributed by atoms with van der Waals surface area (Å²) in [4.78, 5) is 12.1. The van der Waals surface area contributed by atoms with Crippen molar-refractivity contribution in [3.05, 3.63) is 59.2 Å². The molecule has 0 fully saturated rings. The zero-order valence-corrected chi connectivity index (χ0v) is 12.9. The molecule has 0 saturated heterocycles. The summed E-state index contributed by atoms with van der Waals surface area (Å²) in [6.45, 7) is 4.27. The van der Waals surface area contributed by atoms with Gasteiger partial charge in [0.15, 0.2) is 0 Å². The Morgan fingerprint density at radius 2 is 1.86 bits per heavy atom. The summed E-state index contributed by atoms with van der Waals surface area (Å²) in [5.41, 5.74) is 4.04. The van der Waals surface area contributed by atoms with E-state index in [2.05, 4.69) is 5.32 Å². The average Bonchev–Trinajstić information content (AvgIpc) is 2.50. The van der Waals surface area contributed by atoms with E-state index in [-0.39, 0.29) is 19.1 Å². The van der Waals surface area contributed by atoms with Crippen LogP contribution in [0.25, 0.3) is 0 Å². The molecule has 4 heteroatoms. The summed E-state index contributed by atoms with van der Waals surface area (Å²) in [6, 6.07) is 13.2. The minimum Gasteiger partial charge on any atom is -0.491 e. The number of carbonyl (C=O) groups excluding carboxylic acids is 1. The Labute approximate surface area is 130 Å². The third-order valence-electron chi connectivity index (χ3n) is 3.35. The minimum atomic E-state index is -0.0438. The number of anilines is 1. The maximum Gasteiger partial charge on any atom is 0.228 e. The number of rotatable bonds is 6. The van der Waals surface area contributed by atoms with E-state index >= 15 is 0 Å². The van der Waals surface area contributed by atoms with Gasteiger partial charge in [-0.2, -0.15) is 0 Å². The van der Waals surface area contributed by atoms with Crippen LogP contribution in [-0.4, -0.2) is 24.2 Å². The molecule has 2 aromatic carbocycles. The zero-order valence-electron chi connectivity index (χ0n) is 12.9. The predicted octanol–water partition coefficient (Wildman–Crippen LogP) is 2.86. The first-order chi connectivity index (χ1) is 10.6. The highest BCUT2D eigenvalue weighted by molar-refractivity contribution is 5.92. The van der Waals surface area contributed by atoms with Crippen LogP contribution in [0, 0.1) is 13.8 Å². The molecule has 0 aromatic heterocycles. The summed E-state index contributed by atoms with van der Waals surface area (Å²) < 4.78 is 5.28. The third kappa shape index (κ3) is 4.60. The SMILES string of the molecule is Cc1ccc(C)c(CC(=O)Nc2ccc(OCCO)cc2)c1. The molecule has 0 spiro atoms. The van der Waals surface area contributed by atoms with E-state index in [1.54, 1.807) is 24.3 Å². The van der Waals surface area contributed by atoms with Crippen molar-refractivity contribution in [1.82, 2.24) is 0 Å². The molecule has 0 aliphatic heterocycles. The van der Waals surface area contributed by atoms with Gasteiger partial charge in [-0.05, 0) is 49.2 Å². The van der Waals surface area contributed by atoms with Gasteiger partial charge in [-0.3, -0.25) is 4.79 Å². The fraction of sp³-hybridized carbons (Fsp3) is 0.278. The molecule has 0 atom stereocenters. The van der Waals surface area contributed by atoms with Crippen molar-refractivity contribution >= 4 is 11.6 Å². The molecule has 2 rings (SSSR count). The van der Waals surface area contributed by atoms with Crippen LogP contribution in [0.2, 0.25) is 0 Å². The van der Waals surface area contributed by atoms with Gasteiger partial charge < -0.3 is 15.2 Å². The lowest BCUT2D eigenvalue weighted by Gasteiger charge is -2.09. The van der Waals surface area contributed by atoms with Gasteiger partial charge in [-0.25, -0.2) is 0 Å². The summed E-state index contributed by atoms with van der Waals surface area (Å²) >= 11 is 0. The molecule has 4 nitrogen and oxygen atoms in total. The molecule has 0 aliphatic rings. The molecule has 2 N–H and O–H groups in total. The first kappa shape index (κ1) is 16.0. The number of aliphatic hydroxyl groups excluding tert-OH is 1. The summed E-state index contributed by atoms with van der Waals surface area (Å²) in [6.07, 6.45) is 0.357. The summed E-state index contributed by atoms with van der Waals surface area (Å²) in [5.74, 6) is 0.624. The number of ether oxygens (including phenoxy) is 1. The van der Waals surface area contributed by atoms with Crippen molar-refractivity contribution in [2.75, 3.05) is 18.5 Å². The lowest BCUT2D eigenvalue weighted by atomic mass is 10.0. The highest BCUT2D eigenvalue weighted by Crippen LogP contribution is 2.17. The molecule has 0 radical (unpaired) electrons. The van der Waals surface area contributed by atoms with Gasteiger partial charge >= 0.3 is 0 Å². The van der Waals surface area contributed by atoms with Crippen molar-refractivity contribution in [1.29, 1.82) is 0 Å². The predicted molar refractivity (Wildman–Crippen MR) is 87.3 cm³/mol. The topological polar surface area (TPSA) is 58.6 Å². The number of aryl methyl sites for hydroxylation is 2. The number of amides is 1. The molecule has 0 saturated carbocycles. The van der Waals surface area contributed by atoms with Gasteiger partial charge in [0.25, 0.3) is 0 Å². The molecule has 0 bridgehead atoms. The average molecular weight is 299 g/mol. The van der Waals surface area contributed by atoms with E-state index in [1.807, 2.05) is 32.0 Å². The second-order valence-corrected chi connectivity index (χ2v) is 5.25. The number of aliphatic hydroxyl groups is 1. The highest BCUT2D eigenvalue weighted by atomic mass is 16.5. The zero-order chi connectivity index (χ0) is 15.9. The van der Waals surface area contributed by atoms with Crippen LogP contribution in [0.5, 0.6) is 5.75 Å². The Morgan fingerprint density at radius 1 is 1.14 bits per heavy atom. The van der Waals surface area contributed by atoms with Gasteiger partial charge in [0.1, 0.15) is 12.4 Å². The molecule has 0 aliphatic carbocycles. The molecule has 22 heavy (non-hydrogen) atoms. The maximum absolute atomic E-state index is 12.1. The largest absolute Gasteiger partial charge is 0.491 e. The third-order valence-corrected chi connectivity index (χ3v) is 3.35. The van der Waals surface area contributed by atoms with E-state index in [9.17, 15) is 4.79 Å². The Hall–Kier alpha value is -2.33. The van der Waals surface area contributed by atoms with Gasteiger partial charge in [0.05, 0.1) is 13.0 Å². The fourth-order valence-electron chi connectivity index (χ4n) is 2.17. The number of nitrogens with one attached hydrogen (secondary N) is 1. The second kappa shape index (κ2) is 7.61. The van der Waals surface area contributed by atoms with Crippen molar-refractivity contribution in [3.8, 4) is 5.75 Å². The molecule has 1 amide bonds. The van der Waals surface area contributed by atoms with E-state index in [1.165, 1.54) is 0 Å². The Morgan fingerprint density at radius 3 is 2.55 bits per heavy atom. The second-order valence-electron chi connectivity index (χ2n) is 5.25. The Kier molecular flexibility index (Phi) is 5.55. The molecule has 0 heterocycles. The maximum atomic E-state index is 12.1. The molecular weight excluding hydrogens is 278 g/mol. The van der Waals surface area contributed by atoms with Crippen LogP contribution in [0.4, 0.5) is 5.69 Å². The van der Waals surface area contributed by atoms with Crippen molar-refractivity contribution in [2.45, 2.75) is 20.3 Å². The quantitative estimate of drug-likeness (QED) is 0.862.